The van der Waals surface area contributed by atoms with Crippen molar-refractivity contribution in [2.24, 2.45) is 0 Å². The first-order valence-corrected chi connectivity index (χ1v) is 8.32. The highest BCUT2D eigenvalue weighted by Gasteiger charge is 2.25. The van der Waals surface area contributed by atoms with Crippen molar-refractivity contribution < 1.29 is 18.3 Å². The van der Waals surface area contributed by atoms with Crippen LogP contribution in [0.2, 0.25) is 0 Å². The molecule has 6 heteroatoms. The molecule has 0 aliphatic heterocycles. The van der Waals surface area contributed by atoms with Gasteiger partial charge in [0.1, 0.15) is 5.75 Å². The largest absolute Gasteiger partial charge is 0.497 e. The molecule has 0 spiro atoms. The van der Waals surface area contributed by atoms with Crippen molar-refractivity contribution in [1.82, 2.24) is 0 Å². The molecule has 17 heavy (non-hydrogen) atoms. The molecule has 1 rings (SSSR count). The molecule has 1 aromatic carbocycles. The van der Waals surface area contributed by atoms with Gasteiger partial charge in [0.2, 0.25) is 0 Å². The summed E-state index contributed by atoms with van der Waals surface area (Å²) >= 11 is 1.11. The predicted octanol–water partition coefficient (Wildman–Crippen LogP) is 3.97. The van der Waals surface area contributed by atoms with Crippen LogP contribution in [-0.4, -0.2) is 20.3 Å². The molecule has 1 aromatic rings. The summed E-state index contributed by atoms with van der Waals surface area (Å²) in [5, 5.41) is 0. The summed E-state index contributed by atoms with van der Waals surface area (Å²) in [7, 11) is 1.60. The monoisotopic (exact) mass is 276 g/mol. The van der Waals surface area contributed by atoms with E-state index >= 15 is 0 Å². The van der Waals surface area contributed by atoms with Crippen LogP contribution in [0.15, 0.2) is 29.2 Å². The predicted molar refractivity (Wildman–Crippen MR) is 69.7 cm³/mol. The molecule has 0 aromatic heterocycles. The molecule has 0 N–H and O–H groups in total. The molecule has 0 radical (unpaired) electrons. The maximum absolute atomic E-state index is 12.2. The van der Waals surface area contributed by atoms with E-state index in [-0.39, 0.29) is 0 Å². The number of rotatable bonds is 7. The summed E-state index contributed by atoms with van der Waals surface area (Å²) in [5.74, 6) is 0.761. The lowest BCUT2D eigenvalue weighted by Crippen LogP contribution is -1.92. The second kappa shape index (κ2) is 7.07. The van der Waals surface area contributed by atoms with E-state index < -0.39 is 6.80 Å². The van der Waals surface area contributed by atoms with Gasteiger partial charge >= 0.3 is 6.80 Å². The molecule has 0 bridgehead atoms. The molecule has 0 aliphatic carbocycles. The Balaban J connectivity index is 2.75. The first-order chi connectivity index (χ1) is 8.13. The van der Waals surface area contributed by atoms with Gasteiger partial charge in [0.15, 0.2) is 0 Å². The van der Waals surface area contributed by atoms with E-state index in [1.54, 1.807) is 21.0 Å². The van der Waals surface area contributed by atoms with Gasteiger partial charge in [-0.1, -0.05) is 0 Å². The topological polar surface area (TPSA) is 44.8 Å². The van der Waals surface area contributed by atoms with Crippen LogP contribution in [0.5, 0.6) is 5.75 Å². The Kier molecular flexibility index (Phi) is 6.06. The van der Waals surface area contributed by atoms with Crippen molar-refractivity contribution in [3.8, 4) is 5.75 Å². The third-order valence-electron chi connectivity index (χ3n) is 1.85. The molecular formula is C11H17O4PS. The molecule has 0 heterocycles. The zero-order valence-electron chi connectivity index (χ0n) is 10.2. The van der Waals surface area contributed by atoms with E-state index in [0.717, 1.165) is 22.0 Å². The minimum absolute atomic E-state index is 0.362. The minimum Gasteiger partial charge on any atom is -0.497 e. The lowest BCUT2D eigenvalue weighted by Gasteiger charge is -2.15. The first kappa shape index (κ1) is 14.6. The van der Waals surface area contributed by atoms with Crippen molar-refractivity contribution >= 4 is 18.2 Å². The van der Waals surface area contributed by atoms with Crippen LogP contribution >= 0.6 is 18.2 Å². The van der Waals surface area contributed by atoms with Crippen LogP contribution in [0.1, 0.15) is 13.8 Å². The smallest absolute Gasteiger partial charge is 0.393 e. The van der Waals surface area contributed by atoms with Crippen molar-refractivity contribution in [1.29, 1.82) is 0 Å². The Morgan fingerprint density at radius 2 is 1.65 bits per heavy atom. The highest BCUT2D eigenvalue weighted by atomic mass is 32.7. The number of benzene rings is 1. The molecule has 4 nitrogen and oxygen atoms in total. The normalized spacial score (nSPS) is 11.5. The van der Waals surface area contributed by atoms with E-state index in [1.165, 1.54) is 0 Å². The molecular weight excluding hydrogens is 259 g/mol. The molecule has 0 amide bonds. The second-order valence-corrected chi connectivity index (χ2v) is 7.00. The fourth-order valence-corrected chi connectivity index (χ4v) is 4.59. The van der Waals surface area contributed by atoms with Gasteiger partial charge in [-0.25, -0.2) is 4.57 Å². The summed E-state index contributed by atoms with van der Waals surface area (Å²) in [6, 6.07) is 7.28. The lowest BCUT2D eigenvalue weighted by molar-refractivity contribution is 0.237. The van der Waals surface area contributed by atoms with Crippen LogP contribution in [0, 0.1) is 0 Å². The summed E-state index contributed by atoms with van der Waals surface area (Å²) in [4.78, 5) is 0.830. The number of hydrogen-bond acceptors (Lipinski definition) is 5. The van der Waals surface area contributed by atoms with E-state index in [4.69, 9.17) is 13.8 Å². The molecule has 0 fully saturated rings. The van der Waals surface area contributed by atoms with Crippen LogP contribution in [0.4, 0.5) is 0 Å². The maximum Gasteiger partial charge on any atom is 0.393 e. The quantitative estimate of drug-likeness (QED) is 0.705. The molecule has 96 valence electrons. The Hall–Kier alpha value is -0.480. The fourth-order valence-electron chi connectivity index (χ4n) is 1.17. The lowest BCUT2D eigenvalue weighted by atomic mass is 10.3. The highest BCUT2D eigenvalue weighted by molar-refractivity contribution is 8.55. The molecule has 0 aliphatic rings. The zero-order chi connectivity index (χ0) is 12.7. The SMILES string of the molecule is CCOP(=O)(OCC)Sc1ccc(OC)cc1. The molecule has 0 unspecified atom stereocenters. The summed E-state index contributed by atoms with van der Waals surface area (Å²) in [5.41, 5.74) is 0. The van der Waals surface area contributed by atoms with Crippen molar-refractivity contribution in [2.45, 2.75) is 18.7 Å². The first-order valence-electron chi connectivity index (χ1n) is 5.36. The van der Waals surface area contributed by atoms with Gasteiger partial charge in [0.05, 0.1) is 20.3 Å². The number of ether oxygens (including phenoxy) is 1. The Morgan fingerprint density at radius 1 is 1.12 bits per heavy atom. The van der Waals surface area contributed by atoms with Crippen LogP contribution in [-0.2, 0) is 13.6 Å². The Morgan fingerprint density at radius 3 is 2.06 bits per heavy atom. The summed E-state index contributed by atoms with van der Waals surface area (Å²) in [6.07, 6.45) is 0. The van der Waals surface area contributed by atoms with Crippen molar-refractivity contribution in [3.05, 3.63) is 24.3 Å². The van der Waals surface area contributed by atoms with Crippen LogP contribution < -0.4 is 4.74 Å². The minimum atomic E-state index is -3.09. The molecule has 0 atom stereocenters. The maximum atomic E-state index is 12.2. The number of hydrogen-bond donors (Lipinski definition) is 0. The highest BCUT2D eigenvalue weighted by Crippen LogP contribution is 2.63. The van der Waals surface area contributed by atoms with E-state index in [1.807, 2.05) is 24.3 Å². The third-order valence-corrected chi connectivity index (χ3v) is 5.64. The molecule has 0 saturated carbocycles. The van der Waals surface area contributed by atoms with E-state index in [9.17, 15) is 4.57 Å². The molecule has 0 saturated heterocycles. The Bertz CT molecular complexity index is 370. The summed E-state index contributed by atoms with van der Waals surface area (Å²) in [6.45, 7) is 1.22. The summed E-state index contributed by atoms with van der Waals surface area (Å²) < 4.78 is 27.7. The van der Waals surface area contributed by atoms with E-state index in [0.29, 0.717) is 13.2 Å². The zero-order valence-corrected chi connectivity index (χ0v) is 11.9. The van der Waals surface area contributed by atoms with Crippen molar-refractivity contribution in [3.63, 3.8) is 0 Å². The average Bonchev–Trinajstić information content (AvgIpc) is 2.30. The van der Waals surface area contributed by atoms with E-state index in [2.05, 4.69) is 0 Å². The average molecular weight is 276 g/mol. The van der Waals surface area contributed by atoms with Crippen LogP contribution in [0.25, 0.3) is 0 Å². The van der Waals surface area contributed by atoms with Crippen LogP contribution in [0.3, 0.4) is 0 Å². The van der Waals surface area contributed by atoms with Gasteiger partial charge in [-0.2, -0.15) is 0 Å². The standard InChI is InChI=1S/C11H17O4PS/c1-4-14-16(12,15-5-2)17-11-8-6-10(13-3)7-9-11/h6-9H,4-5H2,1-3H3. The van der Waals surface area contributed by atoms with Gasteiger partial charge in [-0.3, -0.25) is 0 Å². The van der Waals surface area contributed by atoms with Gasteiger partial charge < -0.3 is 13.8 Å². The van der Waals surface area contributed by atoms with Crippen molar-refractivity contribution in [2.75, 3.05) is 20.3 Å². The fraction of sp³-hybridized carbons (Fsp3) is 0.455. The van der Waals surface area contributed by atoms with Gasteiger partial charge in [0, 0.05) is 4.90 Å². The van der Waals surface area contributed by atoms with Gasteiger partial charge in [0.25, 0.3) is 0 Å². The third kappa shape index (κ3) is 4.72. The second-order valence-electron chi connectivity index (χ2n) is 3.05. The van der Waals surface area contributed by atoms with Gasteiger partial charge in [-0.15, -0.1) is 0 Å². The number of methoxy groups -OCH3 is 1. The Labute approximate surface area is 106 Å². The van der Waals surface area contributed by atoms with Gasteiger partial charge in [-0.05, 0) is 49.5 Å².